The summed E-state index contributed by atoms with van der Waals surface area (Å²) in [6.45, 7) is 5.03. The van der Waals surface area contributed by atoms with Crippen molar-refractivity contribution in [2.45, 2.75) is 32.7 Å². The van der Waals surface area contributed by atoms with Crippen molar-refractivity contribution in [3.8, 4) is 0 Å². The molecule has 1 unspecified atom stereocenters. The van der Waals surface area contributed by atoms with Crippen LogP contribution in [-0.2, 0) is 11.2 Å². The lowest BCUT2D eigenvalue weighted by Gasteiger charge is -2.28. The number of carbonyl (C=O) groups excluding carboxylic acids is 1. The van der Waals surface area contributed by atoms with Crippen LogP contribution in [-0.4, -0.2) is 47.5 Å². The summed E-state index contributed by atoms with van der Waals surface area (Å²) in [5.74, 6) is 1.45. The van der Waals surface area contributed by atoms with E-state index < -0.39 is 0 Å². The molecule has 2 rings (SSSR count). The average Bonchev–Trinajstić information content (AvgIpc) is 2.87. The van der Waals surface area contributed by atoms with Gasteiger partial charge in [0.2, 0.25) is 5.91 Å². The van der Waals surface area contributed by atoms with Gasteiger partial charge >= 0.3 is 0 Å². The molecule has 1 amide bonds. The number of aryl methyl sites for hydroxylation is 1. The average molecular weight is 302 g/mol. The van der Waals surface area contributed by atoms with Crippen LogP contribution in [0.3, 0.4) is 0 Å². The molecular formula is C17H26N4O. The van der Waals surface area contributed by atoms with Gasteiger partial charge in [0.25, 0.3) is 0 Å². The number of rotatable bonds is 7. The summed E-state index contributed by atoms with van der Waals surface area (Å²) < 4.78 is 0. The fourth-order valence-corrected chi connectivity index (χ4v) is 2.68. The number of likely N-dealkylation sites (N-methyl/N-ethyl adjacent to an activating group) is 1. The normalized spacial score (nSPS) is 13.0. The Hall–Kier alpha value is -1.88. The third-order valence-electron chi connectivity index (χ3n) is 3.97. The van der Waals surface area contributed by atoms with Gasteiger partial charge in [-0.1, -0.05) is 26.0 Å². The number of nitrogens with one attached hydrogen (secondary N) is 2. The van der Waals surface area contributed by atoms with Crippen LogP contribution in [0.2, 0.25) is 0 Å². The molecule has 1 aromatic heterocycles. The molecule has 1 atom stereocenters. The fraction of sp³-hybridized carbons (Fsp3) is 0.529. The number of benzene rings is 1. The van der Waals surface area contributed by atoms with Crippen molar-refractivity contribution in [1.82, 2.24) is 20.2 Å². The van der Waals surface area contributed by atoms with Crippen LogP contribution in [0.25, 0.3) is 11.0 Å². The summed E-state index contributed by atoms with van der Waals surface area (Å²) in [5, 5.41) is 3.03. The lowest BCUT2D eigenvalue weighted by molar-refractivity contribution is -0.121. The first-order chi connectivity index (χ1) is 10.5. The van der Waals surface area contributed by atoms with E-state index in [9.17, 15) is 4.79 Å². The number of para-hydroxylation sites is 2. The van der Waals surface area contributed by atoms with Crippen LogP contribution >= 0.6 is 0 Å². The van der Waals surface area contributed by atoms with Crippen molar-refractivity contribution < 1.29 is 4.79 Å². The fourth-order valence-electron chi connectivity index (χ4n) is 2.68. The van der Waals surface area contributed by atoms with Gasteiger partial charge < -0.3 is 15.2 Å². The maximum Gasteiger partial charge on any atom is 0.220 e. The van der Waals surface area contributed by atoms with Gasteiger partial charge in [-0.15, -0.1) is 0 Å². The highest BCUT2D eigenvalue weighted by molar-refractivity contribution is 5.77. The van der Waals surface area contributed by atoms with E-state index in [1.807, 2.05) is 38.4 Å². The smallest absolute Gasteiger partial charge is 0.220 e. The maximum atomic E-state index is 12.0. The highest BCUT2D eigenvalue weighted by Gasteiger charge is 2.16. The van der Waals surface area contributed by atoms with Crippen molar-refractivity contribution in [3.63, 3.8) is 0 Å². The molecule has 0 saturated carbocycles. The van der Waals surface area contributed by atoms with Gasteiger partial charge in [-0.3, -0.25) is 4.79 Å². The molecule has 1 heterocycles. The monoisotopic (exact) mass is 302 g/mol. The Bertz CT molecular complexity index is 577. The van der Waals surface area contributed by atoms with Gasteiger partial charge in [0.1, 0.15) is 5.82 Å². The van der Waals surface area contributed by atoms with Gasteiger partial charge in [0.15, 0.2) is 0 Å². The van der Waals surface area contributed by atoms with Crippen molar-refractivity contribution in [2.24, 2.45) is 5.92 Å². The lowest BCUT2D eigenvalue weighted by atomic mass is 10.0. The molecule has 120 valence electrons. The van der Waals surface area contributed by atoms with E-state index in [0.717, 1.165) is 16.9 Å². The summed E-state index contributed by atoms with van der Waals surface area (Å²) in [7, 11) is 4.09. The van der Waals surface area contributed by atoms with Crippen LogP contribution in [0, 0.1) is 5.92 Å². The van der Waals surface area contributed by atoms with E-state index in [4.69, 9.17) is 0 Å². The molecule has 5 heteroatoms. The minimum absolute atomic E-state index is 0.0768. The number of aromatic amines is 1. The number of aromatic nitrogens is 2. The van der Waals surface area contributed by atoms with Crippen LogP contribution < -0.4 is 5.32 Å². The number of H-pyrrole nitrogens is 1. The first-order valence-electron chi connectivity index (χ1n) is 7.84. The molecular weight excluding hydrogens is 276 g/mol. The first-order valence-corrected chi connectivity index (χ1v) is 7.84. The summed E-state index contributed by atoms with van der Waals surface area (Å²) >= 11 is 0. The third-order valence-corrected chi connectivity index (χ3v) is 3.97. The molecule has 0 saturated heterocycles. The SMILES string of the molecule is CC(C)C(CNC(=O)CCc1nc2ccccc2[nH]1)N(C)C. The van der Waals surface area contributed by atoms with Crippen LogP contribution in [0.15, 0.2) is 24.3 Å². The molecule has 22 heavy (non-hydrogen) atoms. The van der Waals surface area contributed by atoms with Gasteiger partial charge in [-0.2, -0.15) is 0 Å². The molecule has 0 aliphatic heterocycles. The molecule has 0 aliphatic rings. The zero-order valence-electron chi connectivity index (χ0n) is 13.9. The minimum Gasteiger partial charge on any atom is -0.355 e. The Kier molecular flexibility index (Phi) is 5.55. The number of fused-ring (bicyclic) bond motifs is 1. The lowest BCUT2D eigenvalue weighted by Crippen LogP contribution is -2.43. The Morgan fingerprint density at radius 2 is 2.05 bits per heavy atom. The molecule has 1 aromatic carbocycles. The zero-order chi connectivity index (χ0) is 16.1. The molecule has 2 aromatic rings. The molecule has 0 bridgehead atoms. The Balaban J connectivity index is 1.82. The van der Waals surface area contributed by atoms with Gasteiger partial charge in [-0.25, -0.2) is 4.98 Å². The van der Waals surface area contributed by atoms with E-state index in [1.54, 1.807) is 0 Å². The molecule has 5 nitrogen and oxygen atoms in total. The number of carbonyl (C=O) groups is 1. The molecule has 0 fully saturated rings. The van der Waals surface area contributed by atoms with Gasteiger partial charge in [0, 0.05) is 25.4 Å². The van der Waals surface area contributed by atoms with E-state index in [1.165, 1.54) is 0 Å². The quantitative estimate of drug-likeness (QED) is 0.824. The van der Waals surface area contributed by atoms with E-state index in [0.29, 0.717) is 31.3 Å². The van der Waals surface area contributed by atoms with Crippen molar-refractivity contribution >= 4 is 16.9 Å². The standard InChI is InChI=1S/C17H26N4O/c1-12(2)15(21(3)4)11-18-17(22)10-9-16-19-13-7-5-6-8-14(13)20-16/h5-8,12,15H,9-11H2,1-4H3,(H,18,22)(H,19,20). The summed E-state index contributed by atoms with van der Waals surface area (Å²) in [4.78, 5) is 21.9. The molecule has 0 radical (unpaired) electrons. The highest BCUT2D eigenvalue weighted by atomic mass is 16.1. The summed E-state index contributed by atoms with van der Waals surface area (Å²) in [6.07, 6.45) is 1.09. The summed E-state index contributed by atoms with van der Waals surface area (Å²) in [6, 6.07) is 8.27. The molecule has 2 N–H and O–H groups in total. The van der Waals surface area contributed by atoms with Gasteiger partial charge in [0.05, 0.1) is 11.0 Å². The van der Waals surface area contributed by atoms with E-state index in [2.05, 4.69) is 34.0 Å². The number of hydrogen-bond donors (Lipinski definition) is 2. The Morgan fingerprint density at radius 1 is 1.32 bits per heavy atom. The Labute approximate surface area is 132 Å². The van der Waals surface area contributed by atoms with E-state index in [-0.39, 0.29) is 5.91 Å². The topological polar surface area (TPSA) is 61.0 Å². The largest absolute Gasteiger partial charge is 0.355 e. The second kappa shape index (κ2) is 7.40. The minimum atomic E-state index is 0.0768. The Morgan fingerprint density at radius 3 is 2.68 bits per heavy atom. The first kappa shape index (κ1) is 16.5. The summed E-state index contributed by atoms with van der Waals surface area (Å²) in [5.41, 5.74) is 1.97. The third kappa shape index (κ3) is 4.31. The zero-order valence-corrected chi connectivity index (χ0v) is 13.9. The van der Waals surface area contributed by atoms with Crippen molar-refractivity contribution in [2.75, 3.05) is 20.6 Å². The van der Waals surface area contributed by atoms with Crippen molar-refractivity contribution in [1.29, 1.82) is 0 Å². The van der Waals surface area contributed by atoms with Crippen LogP contribution in [0.5, 0.6) is 0 Å². The number of amides is 1. The molecule has 0 spiro atoms. The van der Waals surface area contributed by atoms with Gasteiger partial charge in [-0.05, 0) is 32.1 Å². The number of imidazole rings is 1. The van der Waals surface area contributed by atoms with Crippen LogP contribution in [0.4, 0.5) is 0 Å². The second-order valence-electron chi connectivity index (χ2n) is 6.28. The predicted molar refractivity (Wildman–Crippen MR) is 89.7 cm³/mol. The van der Waals surface area contributed by atoms with E-state index >= 15 is 0 Å². The maximum absolute atomic E-state index is 12.0. The van der Waals surface area contributed by atoms with Crippen molar-refractivity contribution in [3.05, 3.63) is 30.1 Å². The number of hydrogen-bond acceptors (Lipinski definition) is 3. The van der Waals surface area contributed by atoms with Crippen LogP contribution in [0.1, 0.15) is 26.1 Å². The number of nitrogens with zero attached hydrogens (tertiary/aromatic N) is 2. The molecule has 0 aliphatic carbocycles. The highest BCUT2D eigenvalue weighted by Crippen LogP contribution is 2.11. The predicted octanol–water partition coefficient (Wildman–Crippen LogP) is 2.20. The second-order valence-corrected chi connectivity index (χ2v) is 6.28.